The van der Waals surface area contributed by atoms with Crippen molar-refractivity contribution in [2.75, 3.05) is 45.3 Å². The van der Waals surface area contributed by atoms with Crippen molar-refractivity contribution in [2.24, 2.45) is 17.8 Å². The van der Waals surface area contributed by atoms with Crippen molar-refractivity contribution in [1.82, 2.24) is 15.1 Å². The van der Waals surface area contributed by atoms with Gasteiger partial charge in [-0.3, -0.25) is 0 Å². The lowest BCUT2D eigenvalue weighted by Crippen LogP contribution is -2.32. The number of hydrogen-bond acceptors (Lipinski definition) is 6. The van der Waals surface area contributed by atoms with Crippen LogP contribution in [0.3, 0.4) is 0 Å². The van der Waals surface area contributed by atoms with Crippen LogP contribution in [0, 0.1) is 23.6 Å². The van der Waals surface area contributed by atoms with Gasteiger partial charge in [0.25, 0.3) is 0 Å². The monoisotopic (exact) mass is 426 g/mol. The second kappa shape index (κ2) is 9.09. The topological polar surface area (TPSA) is 59.5 Å². The molecule has 7 heteroatoms. The van der Waals surface area contributed by atoms with Gasteiger partial charge in [-0.15, -0.1) is 10.2 Å². The first-order valence-corrected chi connectivity index (χ1v) is 11.4. The highest BCUT2D eigenvalue weighted by molar-refractivity contribution is 5.64. The number of hydrogen-bond donors (Lipinski definition) is 1. The molecule has 1 unspecified atom stereocenters. The Balaban J connectivity index is 1.18. The molecule has 0 bridgehead atoms. The molecule has 0 amide bonds. The normalized spacial score (nSPS) is 26.7. The fourth-order valence-electron chi connectivity index (χ4n) is 5.54. The van der Waals surface area contributed by atoms with Gasteiger partial charge in [0.1, 0.15) is 5.82 Å². The first kappa shape index (κ1) is 20.6. The summed E-state index contributed by atoms with van der Waals surface area (Å²) in [6.45, 7) is 5.53. The number of halogens is 1. The standard InChI is InChI=1S/C24H31FN4O2/c1-30-23-12-22(17-2-4-20(25)5-3-17)27-28-24(23)26-21-10-18-14-29(15-19(18)11-21)13-16-6-8-31-9-7-16/h2-5,12,16,18-19,21H,6-11,13-15H2,1H3,(H,26,28)/t18-,19+,21?. The third kappa shape index (κ3) is 4.67. The number of ether oxygens (including phenoxy) is 2. The van der Waals surface area contributed by atoms with Crippen LogP contribution in [0.5, 0.6) is 5.75 Å². The zero-order valence-electron chi connectivity index (χ0n) is 18.1. The van der Waals surface area contributed by atoms with E-state index in [4.69, 9.17) is 9.47 Å². The smallest absolute Gasteiger partial charge is 0.191 e. The molecule has 1 aliphatic carbocycles. The van der Waals surface area contributed by atoms with Gasteiger partial charge < -0.3 is 19.7 Å². The molecule has 1 aromatic carbocycles. The molecular formula is C24H31FN4O2. The molecule has 3 heterocycles. The Morgan fingerprint density at radius 2 is 1.81 bits per heavy atom. The summed E-state index contributed by atoms with van der Waals surface area (Å²) >= 11 is 0. The van der Waals surface area contributed by atoms with E-state index in [9.17, 15) is 4.39 Å². The number of nitrogens with zero attached hydrogens (tertiary/aromatic N) is 3. The summed E-state index contributed by atoms with van der Waals surface area (Å²) in [5, 5.41) is 12.3. The van der Waals surface area contributed by atoms with E-state index < -0.39 is 0 Å². The van der Waals surface area contributed by atoms with Crippen molar-refractivity contribution in [1.29, 1.82) is 0 Å². The molecule has 2 aromatic rings. The number of anilines is 1. The molecule has 2 saturated heterocycles. The molecule has 0 spiro atoms. The Bertz CT molecular complexity index is 874. The van der Waals surface area contributed by atoms with Gasteiger partial charge in [-0.1, -0.05) is 0 Å². The number of fused-ring (bicyclic) bond motifs is 1. The van der Waals surface area contributed by atoms with Crippen LogP contribution in [0.15, 0.2) is 30.3 Å². The molecule has 166 valence electrons. The summed E-state index contributed by atoms with van der Waals surface area (Å²) in [5.74, 6) is 3.43. The summed E-state index contributed by atoms with van der Waals surface area (Å²) in [5.41, 5.74) is 1.49. The summed E-state index contributed by atoms with van der Waals surface area (Å²) in [6, 6.07) is 8.54. The van der Waals surface area contributed by atoms with Crippen LogP contribution in [0.1, 0.15) is 25.7 Å². The largest absolute Gasteiger partial charge is 0.493 e. The second-order valence-electron chi connectivity index (χ2n) is 9.26. The maximum Gasteiger partial charge on any atom is 0.191 e. The molecule has 3 aliphatic rings. The molecule has 0 radical (unpaired) electrons. The van der Waals surface area contributed by atoms with Gasteiger partial charge in [0.05, 0.1) is 12.8 Å². The predicted octanol–water partition coefficient (Wildman–Crippen LogP) is 3.84. The van der Waals surface area contributed by atoms with Crippen LogP contribution >= 0.6 is 0 Å². The third-order valence-electron chi connectivity index (χ3n) is 7.14. The lowest BCUT2D eigenvalue weighted by Gasteiger charge is -2.27. The zero-order valence-corrected chi connectivity index (χ0v) is 18.1. The highest BCUT2D eigenvalue weighted by atomic mass is 19.1. The summed E-state index contributed by atoms with van der Waals surface area (Å²) < 4.78 is 24.3. The first-order chi connectivity index (χ1) is 15.2. The van der Waals surface area contributed by atoms with Crippen molar-refractivity contribution < 1.29 is 13.9 Å². The van der Waals surface area contributed by atoms with E-state index in [1.807, 2.05) is 6.07 Å². The fourth-order valence-corrected chi connectivity index (χ4v) is 5.54. The fraction of sp³-hybridized carbons (Fsp3) is 0.583. The Kier molecular flexibility index (Phi) is 6.05. The minimum atomic E-state index is -0.264. The molecule has 3 fully saturated rings. The van der Waals surface area contributed by atoms with Crippen molar-refractivity contribution in [3.05, 3.63) is 36.1 Å². The Hall–Kier alpha value is -2.25. The Morgan fingerprint density at radius 1 is 1.10 bits per heavy atom. The van der Waals surface area contributed by atoms with Crippen molar-refractivity contribution in [2.45, 2.75) is 31.7 Å². The number of aromatic nitrogens is 2. The molecule has 3 atom stereocenters. The molecule has 1 N–H and O–H groups in total. The molecule has 6 nitrogen and oxygen atoms in total. The average Bonchev–Trinajstić information content (AvgIpc) is 3.33. The van der Waals surface area contributed by atoms with Crippen molar-refractivity contribution in [3.63, 3.8) is 0 Å². The van der Waals surface area contributed by atoms with Gasteiger partial charge in [0, 0.05) is 50.5 Å². The van der Waals surface area contributed by atoms with Crippen molar-refractivity contribution >= 4 is 5.82 Å². The number of likely N-dealkylation sites (tertiary alicyclic amines) is 1. The van der Waals surface area contributed by atoms with E-state index in [2.05, 4.69) is 20.4 Å². The van der Waals surface area contributed by atoms with Gasteiger partial charge in [0.15, 0.2) is 11.6 Å². The quantitative estimate of drug-likeness (QED) is 0.757. The van der Waals surface area contributed by atoms with E-state index in [0.717, 1.165) is 36.5 Å². The maximum atomic E-state index is 13.2. The number of nitrogens with one attached hydrogen (secondary N) is 1. The van der Waals surface area contributed by atoms with E-state index in [-0.39, 0.29) is 5.82 Å². The van der Waals surface area contributed by atoms with E-state index in [1.54, 1.807) is 19.2 Å². The van der Waals surface area contributed by atoms with Crippen LogP contribution in [0.25, 0.3) is 11.3 Å². The van der Waals surface area contributed by atoms with Gasteiger partial charge >= 0.3 is 0 Å². The lowest BCUT2D eigenvalue weighted by molar-refractivity contribution is 0.0545. The molecule has 1 aromatic heterocycles. The van der Waals surface area contributed by atoms with Crippen LogP contribution in [0.2, 0.25) is 0 Å². The number of benzene rings is 1. The SMILES string of the molecule is COc1cc(-c2ccc(F)cc2)nnc1NC1C[C@@H]2CN(CC3CCOCC3)C[C@@H]2C1. The average molecular weight is 427 g/mol. The van der Waals surface area contributed by atoms with E-state index in [0.29, 0.717) is 23.3 Å². The van der Waals surface area contributed by atoms with E-state index >= 15 is 0 Å². The van der Waals surface area contributed by atoms with E-state index in [1.165, 1.54) is 57.5 Å². The third-order valence-corrected chi connectivity index (χ3v) is 7.14. The number of rotatable bonds is 6. The molecule has 5 rings (SSSR count). The molecular weight excluding hydrogens is 395 g/mol. The lowest BCUT2D eigenvalue weighted by atomic mass is 10.00. The summed E-state index contributed by atoms with van der Waals surface area (Å²) in [6.07, 6.45) is 4.75. The maximum absolute atomic E-state index is 13.2. The Labute approximate surface area is 183 Å². The molecule has 2 aliphatic heterocycles. The van der Waals surface area contributed by atoms with Gasteiger partial charge in [0.2, 0.25) is 0 Å². The highest BCUT2D eigenvalue weighted by Gasteiger charge is 2.41. The van der Waals surface area contributed by atoms with Gasteiger partial charge in [-0.25, -0.2) is 4.39 Å². The van der Waals surface area contributed by atoms with Crippen LogP contribution in [0.4, 0.5) is 10.2 Å². The van der Waals surface area contributed by atoms with Crippen LogP contribution in [-0.4, -0.2) is 61.1 Å². The number of methoxy groups -OCH3 is 1. The zero-order chi connectivity index (χ0) is 21.2. The first-order valence-electron chi connectivity index (χ1n) is 11.4. The van der Waals surface area contributed by atoms with Crippen molar-refractivity contribution in [3.8, 4) is 17.0 Å². The minimum Gasteiger partial charge on any atom is -0.493 e. The Morgan fingerprint density at radius 3 is 2.48 bits per heavy atom. The van der Waals surface area contributed by atoms with Gasteiger partial charge in [-0.2, -0.15) is 0 Å². The molecule has 31 heavy (non-hydrogen) atoms. The minimum absolute atomic E-state index is 0.264. The molecule has 1 saturated carbocycles. The second-order valence-corrected chi connectivity index (χ2v) is 9.26. The van der Waals surface area contributed by atoms with Crippen LogP contribution in [-0.2, 0) is 4.74 Å². The summed E-state index contributed by atoms with van der Waals surface area (Å²) in [7, 11) is 1.65. The van der Waals surface area contributed by atoms with Crippen LogP contribution < -0.4 is 10.1 Å². The predicted molar refractivity (Wildman–Crippen MR) is 118 cm³/mol. The van der Waals surface area contributed by atoms with Gasteiger partial charge in [-0.05, 0) is 67.7 Å². The highest BCUT2D eigenvalue weighted by Crippen LogP contribution is 2.40. The summed E-state index contributed by atoms with van der Waals surface area (Å²) in [4.78, 5) is 2.68.